The van der Waals surface area contributed by atoms with E-state index in [-0.39, 0.29) is 49.1 Å². The SMILES string of the molecule is CO[C@H]1CC(=O)[C@H]2C[C@@]34SS[C@]5(C[C@@H]6C(=O)C[C@H](OC)[C@H](O)[C@@H]6N5C3=O)C(=O)N4[C@H]2[C@H]1O. The van der Waals surface area contributed by atoms with E-state index in [1.54, 1.807) is 0 Å². The Kier molecular flexibility index (Phi) is 4.47. The van der Waals surface area contributed by atoms with Gasteiger partial charge in [-0.25, -0.2) is 0 Å². The van der Waals surface area contributed by atoms with Crippen molar-refractivity contribution in [1.29, 1.82) is 0 Å². The van der Waals surface area contributed by atoms with E-state index < -0.39 is 58.1 Å². The predicted molar refractivity (Wildman–Crippen MR) is 111 cm³/mol. The zero-order valence-electron chi connectivity index (χ0n) is 17.5. The van der Waals surface area contributed by atoms with Gasteiger partial charge in [0.25, 0.3) is 11.8 Å². The summed E-state index contributed by atoms with van der Waals surface area (Å²) in [5.74, 6) is -2.33. The highest BCUT2D eigenvalue weighted by Gasteiger charge is 2.80. The Bertz CT molecular complexity index is 875. The minimum absolute atomic E-state index is 0.0330. The van der Waals surface area contributed by atoms with Crippen LogP contribution < -0.4 is 0 Å². The molecule has 2 N–H and O–H groups in total. The molecule has 2 spiro atoms. The number of ketones is 2. The molecule has 0 radical (unpaired) electrons. The van der Waals surface area contributed by atoms with Crippen molar-refractivity contribution in [2.75, 3.05) is 14.2 Å². The van der Waals surface area contributed by atoms with Crippen molar-refractivity contribution in [2.24, 2.45) is 11.8 Å². The van der Waals surface area contributed by atoms with Crippen LogP contribution in [0.15, 0.2) is 0 Å². The lowest BCUT2D eigenvalue weighted by molar-refractivity contribution is -0.177. The van der Waals surface area contributed by atoms with Gasteiger partial charge >= 0.3 is 0 Å². The Labute approximate surface area is 191 Å². The highest BCUT2D eigenvalue weighted by atomic mass is 33.1. The number of amides is 2. The van der Waals surface area contributed by atoms with Crippen LogP contribution in [-0.4, -0.2) is 104 Å². The lowest BCUT2D eigenvalue weighted by Crippen LogP contribution is -2.78. The van der Waals surface area contributed by atoms with E-state index in [4.69, 9.17) is 9.47 Å². The van der Waals surface area contributed by atoms with Gasteiger partial charge in [-0.1, -0.05) is 21.6 Å². The molecule has 0 unspecified atom stereocenters. The van der Waals surface area contributed by atoms with Crippen LogP contribution in [0.1, 0.15) is 25.7 Å². The molecule has 2 aliphatic carbocycles. The average Bonchev–Trinajstić information content (AvgIpc) is 3.32. The summed E-state index contributed by atoms with van der Waals surface area (Å²) >= 11 is 0. The van der Waals surface area contributed by atoms with Gasteiger partial charge in [0.1, 0.15) is 23.8 Å². The fourth-order valence-corrected chi connectivity index (χ4v) is 10.6. The summed E-state index contributed by atoms with van der Waals surface area (Å²) in [6.45, 7) is 0. The third-order valence-corrected chi connectivity index (χ3v) is 11.9. The van der Waals surface area contributed by atoms with Gasteiger partial charge in [-0.05, 0) is 0 Å². The maximum absolute atomic E-state index is 14.0. The van der Waals surface area contributed by atoms with Crippen LogP contribution in [-0.2, 0) is 28.7 Å². The van der Waals surface area contributed by atoms with E-state index in [0.29, 0.717) is 0 Å². The van der Waals surface area contributed by atoms with Crippen molar-refractivity contribution in [2.45, 2.75) is 71.9 Å². The van der Waals surface area contributed by atoms with E-state index in [9.17, 15) is 29.4 Å². The van der Waals surface area contributed by atoms with E-state index in [1.165, 1.54) is 45.6 Å². The van der Waals surface area contributed by atoms with Gasteiger partial charge in [-0.3, -0.25) is 19.2 Å². The second-order valence-electron chi connectivity index (χ2n) is 9.56. The van der Waals surface area contributed by atoms with Crippen LogP contribution in [0.5, 0.6) is 0 Å². The summed E-state index contributed by atoms with van der Waals surface area (Å²) in [7, 11) is 5.31. The first-order valence-electron chi connectivity index (χ1n) is 10.7. The Morgan fingerprint density at radius 3 is 1.50 bits per heavy atom. The van der Waals surface area contributed by atoms with E-state index in [2.05, 4.69) is 0 Å². The van der Waals surface area contributed by atoms with E-state index >= 15 is 0 Å². The lowest BCUT2D eigenvalue weighted by Gasteiger charge is -2.59. The molecule has 2 bridgehead atoms. The molecule has 5 aliphatic heterocycles. The van der Waals surface area contributed by atoms with Gasteiger partial charge in [0.05, 0.1) is 24.3 Å². The average molecular weight is 485 g/mol. The normalized spacial score (nSPS) is 51.6. The van der Waals surface area contributed by atoms with Gasteiger partial charge in [-0.15, -0.1) is 0 Å². The minimum atomic E-state index is -1.35. The first-order chi connectivity index (χ1) is 15.2. The zero-order valence-corrected chi connectivity index (χ0v) is 19.1. The number of rotatable bonds is 2. The summed E-state index contributed by atoms with van der Waals surface area (Å²) in [5.41, 5.74) is 0. The molecule has 5 saturated heterocycles. The number of nitrogens with zero attached hydrogens (tertiary/aromatic N) is 2. The molecule has 10 atom stereocenters. The molecule has 2 amide bonds. The number of Topliss-reactive ketones (excluding diaryl/α,β-unsaturated/α-hetero) is 2. The number of aliphatic hydroxyl groups excluding tert-OH is 2. The molecule has 174 valence electrons. The summed E-state index contributed by atoms with van der Waals surface area (Å²) in [4.78, 5) is 54.0. The fourth-order valence-electron chi connectivity index (χ4n) is 6.81. The molecule has 10 nitrogen and oxygen atoms in total. The molecular weight excluding hydrogens is 460 g/mol. The fraction of sp³-hybridized carbons (Fsp3) is 0.800. The van der Waals surface area contributed by atoms with E-state index in [0.717, 1.165) is 0 Å². The molecule has 32 heavy (non-hydrogen) atoms. The number of carbonyl (C=O) groups excluding carboxylic acids is 4. The molecular formula is C20H24N2O8S2. The first-order valence-corrected chi connectivity index (χ1v) is 12.9. The van der Waals surface area contributed by atoms with Crippen molar-refractivity contribution >= 4 is 45.0 Å². The second-order valence-corrected chi connectivity index (χ2v) is 12.2. The largest absolute Gasteiger partial charge is 0.388 e. The summed E-state index contributed by atoms with van der Waals surface area (Å²) in [6, 6.07) is -1.69. The Morgan fingerprint density at radius 1 is 0.781 bits per heavy atom. The first kappa shape index (κ1) is 21.4. The number of aliphatic hydroxyl groups is 2. The van der Waals surface area contributed by atoms with Gasteiger partial charge in [0.15, 0.2) is 9.74 Å². The van der Waals surface area contributed by atoms with Crippen molar-refractivity contribution in [3.63, 3.8) is 0 Å². The molecule has 7 rings (SSSR count). The van der Waals surface area contributed by atoms with Crippen LogP contribution in [0.25, 0.3) is 0 Å². The number of fused-ring (bicyclic) bond motifs is 3. The highest BCUT2D eigenvalue weighted by Crippen LogP contribution is 2.70. The van der Waals surface area contributed by atoms with Crippen molar-refractivity contribution in [3.8, 4) is 0 Å². The third kappa shape index (κ3) is 2.24. The maximum Gasteiger partial charge on any atom is 0.261 e. The van der Waals surface area contributed by atoms with Crippen molar-refractivity contribution in [3.05, 3.63) is 0 Å². The molecule has 0 aromatic heterocycles. The van der Waals surface area contributed by atoms with Gasteiger partial charge in [0.2, 0.25) is 0 Å². The maximum atomic E-state index is 14.0. The summed E-state index contributed by atoms with van der Waals surface area (Å²) in [6.07, 6.45) is -3.40. The number of carbonyl (C=O) groups is 4. The number of piperazine rings is 1. The van der Waals surface area contributed by atoms with Crippen LogP contribution in [0.3, 0.4) is 0 Å². The topological polar surface area (TPSA) is 134 Å². The van der Waals surface area contributed by atoms with Crippen molar-refractivity contribution < 1.29 is 38.9 Å². The van der Waals surface area contributed by atoms with E-state index in [1.807, 2.05) is 0 Å². The third-order valence-electron chi connectivity index (χ3n) is 8.31. The number of hydrogen-bond acceptors (Lipinski definition) is 10. The molecule has 7 aliphatic rings. The van der Waals surface area contributed by atoms with Gasteiger partial charge < -0.3 is 29.5 Å². The molecule has 7 fully saturated rings. The second kappa shape index (κ2) is 6.70. The molecule has 0 aromatic rings. The molecule has 2 saturated carbocycles. The number of ether oxygens (including phenoxy) is 2. The Hall–Kier alpha value is -1.18. The number of hydrogen-bond donors (Lipinski definition) is 2. The Morgan fingerprint density at radius 2 is 1.16 bits per heavy atom. The molecule has 0 aromatic carbocycles. The van der Waals surface area contributed by atoms with Gasteiger partial charge in [0, 0.05) is 51.7 Å². The smallest absolute Gasteiger partial charge is 0.261 e. The summed E-state index contributed by atoms with van der Waals surface area (Å²) < 4.78 is 10.6. The van der Waals surface area contributed by atoms with Crippen molar-refractivity contribution in [1.82, 2.24) is 9.80 Å². The molecule has 5 heterocycles. The standard InChI is InChI=1S/C20H24N2O8S2/c1-29-11-3-9(23)7-5-19-18(28)22-14-8(10(24)4-12(30-2)16(14)26)6-20(22,32-31-19)17(27)21(19)13(7)15(11)25/h7-8,11-16,25-26H,3-6H2,1-2H3/t7-,8-,11+,12+,13-,14-,15+,16+,19-,20-/m1/s1. The van der Waals surface area contributed by atoms with Crippen LogP contribution in [0.2, 0.25) is 0 Å². The monoisotopic (exact) mass is 484 g/mol. The zero-order chi connectivity index (χ0) is 22.7. The quantitative estimate of drug-likeness (QED) is 0.466. The Balaban J connectivity index is 1.46. The highest BCUT2D eigenvalue weighted by molar-refractivity contribution is 8.78. The lowest BCUT2D eigenvalue weighted by atomic mass is 9.79. The predicted octanol–water partition coefficient (Wildman–Crippen LogP) is -1.08. The molecule has 12 heteroatoms. The minimum Gasteiger partial charge on any atom is -0.388 e. The van der Waals surface area contributed by atoms with Crippen LogP contribution in [0.4, 0.5) is 0 Å². The summed E-state index contributed by atoms with van der Waals surface area (Å²) in [5, 5.41) is 22.0. The van der Waals surface area contributed by atoms with Crippen LogP contribution >= 0.6 is 21.6 Å². The van der Waals surface area contributed by atoms with Crippen LogP contribution in [0, 0.1) is 11.8 Å². The van der Waals surface area contributed by atoms with Gasteiger partial charge in [-0.2, -0.15) is 0 Å². The number of methoxy groups -OCH3 is 2.